The molecule has 0 N–H and O–H groups in total. The first-order valence-corrected chi connectivity index (χ1v) is 11.0. The van der Waals surface area contributed by atoms with E-state index in [1.54, 1.807) is 0 Å². The summed E-state index contributed by atoms with van der Waals surface area (Å²) < 4.78 is 5.04. The lowest BCUT2D eigenvalue weighted by atomic mass is 10.1. The van der Waals surface area contributed by atoms with Crippen LogP contribution >= 0.6 is 0 Å². The topological polar surface area (TPSA) is 8.81 Å². The van der Waals surface area contributed by atoms with E-state index in [0.717, 1.165) is 6.54 Å². The molecule has 0 fully saturated rings. The van der Waals surface area contributed by atoms with E-state index in [1.165, 1.54) is 88.6 Å². The van der Waals surface area contributed by atoms with Gasteiger partial charge in [0.05, 0.1) is 13.1 Å². The SMILES string of the molecule is CCCCCCCCn1cc[n+](CCCc2ccccc2)c1CCCC. The van der Waals surface area contributed by atoms with Gasteiger partial charge in [0, 0.05) is 6.42 Å². The Labute approximate surface area is 161 Å². The number of hydrogen-bond donors (Lipinski definition) is 0. The summed E-state index contributed by atoms with van der Waals surface area (Å²) in [4.78, 5) is 0. The Morgan fingerprint density at radius 2 is 1.50 bits per heavy atom. The van der Waals surface area contributed by atoms with Crippen molar-refractivity contribution < 1.29 is 4.57 Å². The Kier molecular flexibility index (Phi) is 10.2. The first-order chi connectivity index (χ1) is 12.8. The van der Waals surface area contributed by atoms with Crippen molar-refractivity contribution in [1.82, 2.24) is 4.57 Å². The van der Waals surface area contributed by atoms with Crippen molar-refractivity contribution in [2.75, 3.05) is 0 Å². The fourth-order valence-electron chi connectivity index (χ4n) is 3.69. The lowest BCUT2D eigenvalue weighted by Crippen LogP contribution is -2.37. The predicted octanol–water partition coefficient (Wildman–Crippen LogP) is 6.11. The fraction of sp³-hybridized carbons (Fsp3) is 0.625. The minimum atomic E-state index is 1.14. The van der Waals surface area contributed by atoms with E-state index in [4.69, 9.17) is 0 Å². The van der Waals surface area contributed by atoms with E-state index in [9.17, 15) is 0 Å². The molecule has 1 heterocycles. The largest absolute Gasteiger partial charge is 0.256 e. The highest BCUT2D eigenvalue weighted by Gasteiger charge is 2.16. The van der Waals surface area contributed by atoms with Gasteiger partial charge in [0.1, 0.15) is 12.4 Å². The minimum Gasteiger partial charge on any atom is -0.234 e. The Morgan fingerprint density at radius 1 is 0.769 bits per heavy atom. The molecule has 0 radical (unpaired) electrons. The average molecular weight is 356 g/mol. The van der Waals surface area contributed by atoms with E-state index in [0.29, 0.717) is 0 Å². The summed E-state index contributed by atoms with van der Waals surface area (Å²) >= 11 is 0. The van der Waals surface area contributed by atoms with Crippen LogP contribution in [-0.4, -0.2) is 4.57 Å². The molecule has 2 nitrogen and oxygen atoms in total. The maximum Gasteiger partial charge on any atom is 0.256 e. The third-order valence-electron chi connectivity index (χ3n) is 5.30. The van der Waals surface area contributed by atoms with Crippen molar-refractivity contribution in [3.05, 3.63) is 54.1 Å². The quantitative estimate of drug-likeness (QED) is 0.285. The van der Waals surface area contributed by atoms with Crippen molar-refractivity contribution in [2.24, 2.45) is 0 Å². The zero-order chi connectivity index (χ0) is 18.5. The van der Waals surface area contributed by atoms with Gasteiger partial charge in [0.15, 0.2) is 0 Å². The van der Waals surface area contributed by atoms with Crippen LogP contribution in [0, 0.1) is 0 Å². The normalized spacial score (nSPS) is 11.2. The Bertz CT molecular complexity index is 586. The highest BCUT2D eigenvalue weighted by Crippen LogP contribution is 2.09. The lowest BCUT2D eigenvalue weighted by molar-refractivity contribution is -0.704. The van der Waals surface area contributed by atoms with Crippen LogP contribution in [0.2, 0.25) is 0 Å². The number of unbranched alkanes of at least 4 members (excludes halogenated alkanes) is 6. The maximum absolute atomic E-state index is 2.53. The molecule has 0 aliphatic rings. The molecular weight excluding hydrogens is 316 g/mol. The van der Waals surface area contributed by atoms with Gasteiger partial charge in [-0.1, -0.05) is 76.3 Å². The third kappa shape index (κ3) is 7.35. The Morgan fingerprint density at radius 3 is 2.27 bits per heavy atom. The zero-order valence-corrected chi connectivity index (χ0v) is 17.1. The number of benzene rings is 1. The van der Waals surface area contributed by atoms with Crippen molar-refractivity contribution in [2.45, 2.75) is 97.6 Å². The molecule has 0 spiro atoms. The summed E-state index contributed by atoms with van der Waals surface area (Å²) in [6, 6.07) is 10.9. The number of aryl methyl sites for hydroxylation is 3. The van der Waals surface area contributed by atoms with Gasteiger partial charge in [-0.2, -0.15) is 0 Å². The molecule has 0 aliphatic carbocycles. The van der Waals surface area contributed by atoms with Crippen LogP contribution in [0.1, 0.15) is 83.0 Å². The lowest BCUT2D eigenvalue weighted by Gasteiger charge is -2.06. The molecule has 2 aromatic rings. The summed E-state index contributed by atoms with van der Waals surface area (Å²) in [7, 11) is 0. The van der Waals surface area contributed by atoms with Gasteiger partial charge < -0.3 is 0 Å². The molecule has 1 aromatic carbocycles. The minimum absolute atomic E-state index is 1.14. The van der Waals surface area contributed by atoms with Gasteiger partial charge in [-0.25, -0.2) is 9.13 Å². The number of nitrogens with zero attached hydrogens (tertiary/aromatic N) is 2. The van der Waals surface area contributed by atoms with E-state index in [1.807, 2.05) is 0 Å². The van der Waals surface area contributed by atoms with Crippen LogP contribution in [0.5, 0.6) is 0 Å². The number of rotatable bonds is 14. The van der Waals surface area contributed by atoms with Crippen molar-refractivity contribution >= 4 is 0 Å². The maximum atomic E-state index is 2.53. The number of imidazole rings is 1. The van der Waals surface area contributed by atoms with Crippen molar-refractivity contribution in [3.8, 4) is 0 Å². The van der Waals surface area contributed by atoms with Crippen LogP contribution in [0.4, 0.5) is 0 Å². The molecule has 144 valence electrons. The van der Waals surface area contributed by atoms with Gasteiger partial charge in [-0.05, 0) is 37.7 Å². The molecule has 0 unspecified atom stereocenters. The second-order valence-corrected chi connectivity index (χ2v) is 7.56. The molecule has 2 rings (SSSR count). The molecule has 0 saturated carbocycles. The molecule has 0 bridgehead atoms. The molecule has 2 heteroatoms. The molecular formula is C24H39N2+. The molecule has 1 aromatic heterocycles. The highest BCUT2D eigenvalue weighted by molar-refractivity contribution is 5.14. The van der Waals surface area contributed by atoms with Gasteiger partial charge in [-0.3, -0.25) is 0 Å². The first kappa shape index (κ1) is 20.7. The summed E-state index contributed by atoms with van der Waals surface area (Å²) in [5.41, 5.74) is 1.45. The summed E-state index contributed by atoms with van der Waals surface area (Å²) in [6.45, 7) is 6.91. The van der Waals surface area contributed by atoms with Crippen LogP contribution in [-0.2, 0) is 25.9 Å². The standard InChI is InChI=1S/C24H39N2/c1-3-5-7-8-9-13-19-25-21-22-26(24(25)18-6-4-2)20-14-17-23-15-11-10-12-16-23/h10-12,15-16,21-22H,3-9,13-14,17-20H2,1-2H3/q+1. The monoisotopic (exact) mass is 355 g/mol. The van der Waals surface area contributed by atoms with E-state index >= 15 is 0 Å². The van der Waals surface area contributed by atoms with Crippen LogP contribution in [0.3, 0.4) is 0 Å². The van der Waals surface area contributed by atoms with E-state index in [2.05, 4.69) is 65.7 Å². The first-order valence-electron chi connectivity index (χ1n) is 11.0. The Hall–Kier alpha value is -1.57. The number of hydrogen-bond acceptors (Lipinski definition) is 0. The Balaban J connectivity index is 1.83. The molecule has 0 atom stereocenters. The highest BCUT2D eigenvalue weighted by atomic mass is 15.1. The molecule has 0 aliphatic heterocycles. The summed E-state index contributed by atoms with van der Waals surface area (Å²) in [6.07, 6.45) is 19.0. The molecule has 0 amide bonds. The smallest absolute Gasteiger partial charge is 0.234 e. The van der Waals surface area contributed by atoms with Gasteiger partial charge >= 0.3 is 0 Å². The third-order valence-corrected chi connectivity index (χ3v) is 5.30. The fourth-order valence-corrected chi connectivity index (χ4v) is 3.69. The summed E-state index contributed by atoms with van der Waals surface area (Å²) in [5.74, 6) is 1.54. The van der Waals surface area contributed by atoms with Crippen LogP contribution in [0.15, 0.2) is 42.7 Å². The van der Waals surface area contributed by atoms with Crippen molar-refractivity contribution in [1.29, 1.82) is 0 Å². The average Bonchev–Trinajstić information content (AvgIpc) is 3.05. The van der Waals surface area contributed by atoms with Gasteiger partial charge in [-0.15, -0.1) is 0 Å². The molecule has 26 heavy (non-hydrogen) atoms. The van der Waals surface area contributed by atoms with Crippen molar-refractivity contribution in [3.63, 3.8) is 0 Å². The van der Waals surface area contributed by atoms with E-state index in [-0.39, 0.29) is 0 Å². The second kappa shape index (κ2) is 12.7. The van der Waals surface area contributed by atoms with Gasteiger partial charge in [0.2, 0.25) is 0 Å². The molecule has 0 saturated heterocycles. The summed E-state index contributed by atoms with van der Waals surface area (Å²) in [5, 5.41) is 0. The van der Waals surface area contributed by atoms with E-state index < -0.39 is 0 Å². The zero-order valence-electron chi connectivity index (χ0n) is 17.1. The van der Waals surface area contributed by atoms with Gasteiger partial charge in [0.25, 0.3) is 5.82 Å². The number of aromatic nitrogens is 2. The van der Waals surface area contributed by atoms with Crippen LogP contribution < -0.4 is 4.57 Å². The predicted molar refractivity (Wildman–Crippen MR) is 111 cm³/mol. The second-order valence-electron chi connectivity index (χ2n) is 7.56. The van der Waals surface area contributed by atoms with Crippen LogP contribution in [0.25, 0.3) is 0 Å².